The van der Waals surface area contributed by atoms with E-state index in [4.69, 9.17) is 5.73 Å². The molecule has 0 heterocycles. The molecule has 0 aliphatic rings. The van der Waals surface area contributed by atoms with E-state index in [9.17, 15) is 13.2 Å². The monoisotopic (exact) mass is 240 g/mol. The van der Waals surface area contributed by atoms with Crippen molar-refractivity contribution in [1.29, 1.82) is 0 Å². The number of hydrogen-bond donors (Lipinski definition) is 1. The van der Waals surface area contributed by atoms with Gasteiger partial charge in [-0.3, -0.25) is 4.90 Å². The quantitative estimate of drug-likeness (QED) is 0.800. The molecule has 5 heteroatoms. The van der Waals surface area contributed by atoms with Gasteiger partial charge in [0, 0.05) is 6.54 Å². The van der Waals surface area contributed by atoms with Crippen molar-refractivity contribution in [3.8, 4) is 0 Å². The van der Waals surface area contributed by atoms with Gasteiger partial charge < -0.3 is 5.73 Å². The van der Waals surface area contributed by atoms with Crippen LogP contribution < -0.4 is 5.73 Å². The Labute approximate surface area is 96.0 Å². The topological polar surface area (TPSA) is 29.3 Å². The standard InChI is InChI=1S/C11H23F3N2/c1-10(2,3)5-9(6-15)7-16(4)8-11(12,13)14/h9H,5-8,15H2,1-4H3. The van der Waals surface area contributed by atoms with Gasteiger partial charge in [-0.15, -0.1) is 0 Å². The van der Waals surface area contributed by atoms with Gasteiger partial charge in [0.1, 0.15) is 0 Å². The lowest BCUT2D eigenvalue weighted by atomic mass is 9.84. The Kier molecular flexibility index (Phi) is 5.76. The Balaban J connectivity index is 4.12. The second-order valence-corrected chi connectivity index (χ2v) is 5.68. The third kappa shape index (κ3) is 8.97. The molecule has 0 spiro atoms. The Morgan fingerprint density at radius 1 is 1.19 bits per heavy atom. The lowest BCUT2D eigenvalue weighted by molar-refractivity contribution is -0.144. The smallest absolute Gasteiger partial charge is 0.330 e. The molecule has 2 nitrogen and oxygen atoms in total. The number of hydrogen-bond acceptors (Lipinski definition) is 2. The summed E-state index contributed by atoms with van der Waals surface area (Å²) in [5.41, 5.74) is 5.68. The van der Waals surface area contributed by atoms with E-state index in [0.29, 0.717) is 13.1 Å². The van der Waals surface area contributed by atoms with Crippen molar-refractivity contribution in [2.75, 3.05) is 26.7 Å². The highest BCUT2D eigenvalue weighted by atomic mass is 19.4. The van der Waals surface area contributed by atoms with Gasteiger partial charge in [-0.2, -0.15) is 13.2 Å². The maximum Gasteiger partial charge on any atom is 0.401 e. The van der Waals surface area contributed by atoms with Crippen molar-refractivity contribution in [3.63, 3.8) is 0 Å². The van der Waals surface area contributed by atoms with Crippen molar-refractivity contribution in [2.45, 2.75) is 33.4 Å². The van der Waals surface area contributed by atoms with Crippen molar-refractivity contribution in [1.82, 2.24) is 4.90 Å². The first-order valence-electron chi connectivity index (χ1n) is 5.49. The van der Waals surface area contributed by atoms with Crippen molar-refractivity contribution >= 4 is 0 Å². The lowest BCUT2D eigenvalue weighted by Gasteiger charge is -2.29. The Morgan fingerprint density at radius 3 is 2.00 bits per heavy atom. The van der Waals surface area contributed by atoms with Crippen LogP contribution in [-0.2, 0) is 0 Å². The molecule has 0 aliphatic heterocycles. The maximum atomic E-state index is 12.1. The summed E-state index contributed by atoms with van der Waals surface area (Å²) in [5.74, 6) is 0.118. The molecule has 0 aliphatic carbocycles. The third-order valence-electron chi connectivity index (χ3n) is 2.25. The minimum Gasteiger partial charge on any atom is -0.330 e. The highest BCUT2D eigenvalue weighted by molar-refractivity contribution is 4.73. The predicted octanol–water partition coefficient (Wildman–Crippen LogP) is 2.49. The van der Waals surface area contributed by atoms with E-state index in [0.717, 1.165) is 6.42 Å². The minimum absolute atomic E-state index is 0.100. The van der Waals surface area contributed by atoms with E-state index in [2.05, 4.69) is 20.8 Å². The van der Waals surface area contributed by atoms with E-state index < -0.39 is 12.7 Å². The number of halogens is 3. The number of rotatable bonds is 5. The first-order valence-corrected chi connectivity index (χ1v) is 5.49. The van der Waals surface area contributed by atoms with E-state index in [1.165, 1.54) is 11.9 Å². The van der Waals surface area contributed by atoms with E-state index in [-0.39, 0.29) is 11.3 Å². The normalized spacial score (nSPS) is 15.6. The molecule has 0 aromatic carbocycles. The average Bonchev–Trinajstić information content (AvgIpc) is 1.96. The highest BCUT2D eigenvalue weighted by Crippen LogP contribution is 2.25. The lowest BCUT2D eigenvalue weighted by Crippen LogP contribution is -2.37. The molecular weight excluding hydrogens is 217 g/mol. The third-order valence-corrected chi connectivity index (χ3v) is 2.25. The summed E-state index contributed by atoms with van der Waals surface area (Å²) in [5, 5.41) is 0. The Bertz CT molecular complexity index is 196. The summed E-state index contributed by atoms with van der Waals surface area (Å²) < 4.78 is 36.4. The second kappa shape index (κ2) is 5.87. The van der Waals surface area contributed by atoms with Crippen molar-refractivity contribution < 1.29 is 13.2 Å². The molecular formula is C11H23F3N2. The Morgan fingerprint density at radius 2 is 1.69 bits per heavy atom. The van der Waals surface area contributed by atoms with Gasteiger partial charge in [-0.05, 0) is 31.3 Å². The van der Waals surface area contributed by atoms with Crippen LogP contribution in [0.25, 0.3) is 0 Å². The summed E-state index contributed by atoms with van der Waals surface area (Å²) in [7, 11) is 1.48. The van der Waals surface area contributed by atoms with Crippen LogP contribution in [0.4, 0.5) is 13.2 Å². The van der Waals surface area contributed by atoms with Crippen LogP contribution in [-0.4, -0.2) is 37.8 Å². The molecule has 1 unspecified atom stereocenters. The van der Waals surface area contributed by atoms with Crippen LogP contribution in [0, 0.1) is 11.3 Å². The van der Waals surface area contributed by atoms with Gasteiger partial charge in [0.15, 0.2) is 0 Å². The van der Waals surface area contributed by atoms with Gasteiger partial charge in [0.25, 0.3) is 0 Å². The molecule has 2 N–H and O–H groups in total. The first kappa shape index (κ1) is 15.7. The van der Waals surface area contributed by atoms with Crippen LogP contribution in [0.3, 0.4) is 0 Å². The summed E-state index contributed by atoms with van der Waals surface area (Å²) >= 11 is 0. The Hall–Kier alpha value is -0.290. The summed E-state index contributed by atoms with van der Waals surface area (Å²) in [6, 6.07) is 0. The zero-order valence-corrected chi connectivity index (χ0v) is 10.6. The highest BCUT2D eigenvalue weighted by Gasteiger charge is 2.30. The molecule has 16 heavy (non-hydrogen) atoms. The maximum absolute atomic E-state index is 12.1. The van der Waals surface area contributed by atoms with Crippen LogP contribution >= 0.6 is 0 Å². The van der Waals surface area contributed by atoms with Gasteiger partial charge >= 0.3 is 6.18 Å². The molecule has 0 amide bonds. The predicted molar refractivity (Wildman–Crippen MR) is 60.2 cm³/mol. The second-order valence-electron chi connectivity index (χ2n) is 5.68. The summed E-state index contributed by atoms with van der Waals surface area (Å²) in [6.45, 7) is 6.17. The van der Waals surface area contributed by atoms with E-state index >= 15 is 0 Å². The van der Waals surface area contributed by atoms with Crippen LogP contribution in [0.2, 0.25) is 0 Å². The molecule has 0 saturated heterocycles. The molecule has 0 saturated carbocycles. The first-order chi connectivity index (χ1) is 7.03. The van der Waals surface area contributed by atoms with Gasteiger partial charge in [-0.25, -0.2) is 0 Å². The van der Waals surface area contributed by atoms with E-state index in [1.54, 1.807) is 0 Å². The summed E-state index contributed by atoms with van der Waals surface area (Å²) in [4.78, 5) is 1.29. The molecule has 0 rings (SSSR count). The van der Waals surface area contributed by atoms with Gasteiger partial charge in [0.2, 0.25) is 0 Å². The van der Waals surface area contributed by atoms with Crippen LogP contribution in [0.15, 0.2) is 0 Å². The van der Waals surface area contributed by atoms with Crippen molar-refractivity contribution in [2.24, 2.45) is 17.1 Å². The van der Waals surface area contributed by atoms with Gasteiger partial charge in [0.05, 0.1) is 6.54 Å². The number of alkyl halides is 3. The molecule has 0 fully saturated rings. The van der Waals surface area contributed by atoms with Gasteiger partial charge in [-0.1, -0.05) is 20.8 Å². The molecule has 0 bridgehead atoms. The zero-order chi connectivity index (χ0) is 13.0. The largest absolute Gasteiger partial charge is 0.401 e. The number of nitrogens with two attached hydrogens (primary N) is 1. The minimum atomic E-state index is -4.13. The average molecular weight is 240 g/mol. The fourth-order valence-corrected chi connectivity index (χ4v) is 1.90. The molecule has 1 atom stereocenters. The fourth-order valence-electron chi connectivity index (χ4n) is 1.90. The summed E-state index contributed by atoms with van der Waals surface area (Å²) in [6.07, 6.45) is -3.29. The molecule has 0 aromatic rings. The van der Waals surface area contributed by atoms with Crippen LogP contribution in [0.5, 0.6) is 0 Å². The SMILES string of the molecule is CN(CC(CN)CC(C)(C)C)CC(F)(F)F. The molecule has 0 aromatic heterocycles. The fraction of sp³-hybridized carbons (Fsp3) is 1.00. The van der Waals surface area contributed by atoms with Crippen molar-refractivity contribution in [3.05, 3.63) is 0 Å². The van der Waals surface area contributed by atoms with Crippen LogP contribution in [0.1, 0.15) is 27.2 Å². The van der Waals surface area contributed by atoms with E-state index in [1.807, 2.05) is 0 Å². The zero-order valence-electron chi connectivity index (χ0n) is 10.6. The number of nitrogens with zero attached hydrogens (tertiary/aromatic N) is 1. The molecule has 98 valence electrons. The molecule has 0 radical (unpaired) electrons.